The van der Waals surface area contributed by atoms with E-state index in [2.05, 4.69) is 28.1 Å². The summed E-state index contributed by atoms with van der Waals surface area (Å²) in [6, 6.07) is 10.4. The molecule has 4 heteroatoms. The quantitative estimate of drug-likeness (QED) is 0.856. The van der Waals surface area contributed by atoms with E-state index in [1.807, 2.05) is 18.2 Å². The molecule has 1 aromatic heterocycles. The summed E-state index contributed by atoms with van der Waals surface area (Å²) >= 11 is 5.24. The molecule has 0 fully saturated rings. The maximum Gasteiger partial charge on any atom is 0.0935 e. The molecule has 1 unspecified atom stereocenters. The van der Waals surface area contributed by atoms with Gasteiger partial charge >= 0.3 is 0 Å². The fraction of sp³-hybridized carbons (Fsp3) is 0.231. The van der Waals surface area contributed by atoms with Gasteiger partial charge in [-0.1, -0.05) is 22.0 Å². The van der Waals surface area contributed by atoms with E-state index in [9.17, 15) is 0 Å². The van der Waals surface area contributed by atoms with Gasteiger partial charge in [0.25, 0.3) is 0 Å². The summed E-state index contributed by atoms with van der Waals surface area (Å²) in [5.41, 5.74) is 7.24. The van der Waals surface area contributed by atoms with Crippen LogP contribution in [0.2, 0.25) is 0 Å². The lowest BCUT2D eigenvalue weighted by Crippen LogP contribution is -2.25. The first-order valence-corrected chi connectivity index (χ1v) is 7.17. The van der Waals surface area contributed by atoms with Gasteiger partial charge in [0.15, 0.2) is 0 Å². The highest BCUT2D eigenvalue weighted by molar-refractivity contribution is 9.10. The molecule has 90 valence electrons. The second-order valence-corrected chi connectivity index (χ2v) is 5.87. The van der Waals surface area contributed by atoms with Crippen molar-refractivity contribution in [1.82, 2.24) is 0 Å². The third kappa shape index (κ3) is 4.22. The van der Waals surface area contributed by atoms with Crippen LogP contribution >= 0.6 is 27.7 Å². The number of nitrogens with two attached hydrogens (primary N) is 1. The molecular formula is C13H14BrNOS. The van der Waals surface area contributed by atoms with E-state index in [4.69, 9.17) is 10.2 Å². The number of rotatable bonds is 5. The van der Waals surface area contributed by atoms with Crippen LogP contribution < -0.4 is 5.73 Å². The summed E-state index contributed by atoms with van der Waals surface area (Å²) < 4.78 is 6.13. The standard InChI is InChI=1S/C13H14BrNOS/c14-11-2-1-3-13(7-11)17-9-12(15)6-10-4-5-16-8-10/h1-5,7-8,12H,6,9,15H2. The molecule has 1 aromatic carbocycles. The molecule has 2 N–H and O–H groups in total. The maximum absolute atomic E-state index is 6.08. The van der Waals surface area contributed by atoms with Crippen molar-refractivity contribution in [1.29, 1.82) is 0 Å². The molecule has 0 bridgehead atoms. The van der Waals surface area contributed by atoms with Crippen molar-refractivity contribution in [3.63, 3.8) is 0 Å². The van der Waals surface area contributed by atoms with E-state index >= 15 is 0 Å². The Bertz CT molecular complexity index is 458. The third-order valence-corrected chi connectivity index (χ3v) is 4.01. The average Bonchev–Trinajstić information content (AvgIpc) is 2.79. The Morgan fingerprint density at radius 1 is 1.35 bits per heavy atom. The Kier molecular flexibility index (Phi) is 4.71. The molecule has 2 aromatic rings. The largest absolute Gasteiger partial charge is 0.472 e. The highest BCUT2D eigenvalue weighted by atomic mass is 79.9. The molecule has 17 heavy (non-hydrogen) atoms. The van der Waals surface area contributed by atoms with Gasteiger partial charge in [0.05, 0.1) is 12.5 Å². The average molecular weight is 312 g/mol. The second kappa shape index (κ2) is 6.28. The lowest BCUT2D eigenvalue weighted by molar-refractivity contribution is 0.562. The van der Waals surface area contributed by atoms with Crippen LogP contribution in [-0.4, -0.2) is 11.8 Å². The van der Waals surface area contributed by atoms with E-state index in [0.717, 1.165) is 22.2 Å². The molecule has 0 saturated heterocycles. The van der Waals surface area contributed by atoms with Crippen LogP contribution in [0.15, 0.2) is 56.6 Å². The normalized spacial score (nSPS) is 12.6. The van der Waals surface area contributed by atoms with E-state index in [1.54, 1.807) is 24.3 Å². The van der Waals surface area contributed by atoms with Crippen LogP contribution in [0.3, 0.4) is 0 Å². The zero-order valence-electron chi connectivity index (χ0n) is 9.30. The highest BCUT2D eigenvalue weighted by Crippen LogP contribution is 2.22. The van der Waals surface area contributed by atoms with Crippen LogP contribution in [-0.2, 0) is 6.42 Å². The Labute approximate surface area is 114 Å². The van der Waals surface area contributed by atoms with Gasteiger partial charge < -0.3 is 10.2 Å². The van der Waals surface area contributed by atoms with E-state index in [-0.39, 0.29) is 6.04 Å². The first kappa shape index (κ1) is 12.7. The van der Waals surface area contributed by atoms with Gasteiger partial charge in [-0.15, -0.1) is 11.8 Å². The first-order valence-electron chi connectivity index (χ1n) is 5.39. The van der Waals surface area contributed by atoms with Crippen molar-refractivity contribution in [3.8, 4) is 0 Å². The third-order valence-electron chi connectivity index (χ3n) is 2.34. The molecule has 0 spiro atoms. The molecule has 0 aliphatic carbocycles. The fourth-order valence-electron chi connectivity index (χ4n) is 1.53. The molecule has 0 aliphatic rings. The molecule has 1 heterocycles. The van der Waals surface area contributed by atoms with E-state index in [0.29, 0.717) is 0 Å². The number of furan rings is 1. The monoisotopic (exact) mass is 311 g/mol. The molecule has 0 saturated carbocycles. The smallest absolute Gasteiger partial charge is 0.0935 e. The Morgan fingerprint density at radius 2 is 2.24 bits per heavy atom. The van der Waals surface area contributed by atoms with E-state index < -0.39 is 0 Å². The Balaban J connectivity index is 1.82. The van der Waals surface area contributed by atoms with Crippen molar-refractivity contribution >= 4 is 27.7 Å². The van der Waals surface area contributed by atoms with Gasteiger partial charge in [-0.2, -0.15) is 0 Å². The van der Waals surface area contributed by atoms with Crippen molar-refractivity contribution in [3.05, 3.63) is 52.9 Å². The van der Waals surface area contributed by atoms with Gasteiger partial charge in [0.1, 0.15) is 0 Å². The van der Waals surface area contributed by atoms with Crippen molar-refractivity contribution < 1.29 is 4.42 Å². The van der Waals surface area contributed by atoms with E-state index in [1.165, 1.54) is 4.90 Å². The van der Waals surface area contributed by atoms with Crippen LogP contribution in [0.5, 0.6) is 0 Å². The van der Waals surface area contributed by atoms with Gasteiger partial charge in [0.2, 0.25) is 0 Å². The van der Waals surface area contributed by atoms with Crippen molar-refractivity contribution in [2.45, 2.75) is 17.4 Å². The summed E-state index contributed by atoms with van der Waals surface area (Å²) in [6.07, 6.45) is 4.30. The SMILES string of the molecule is NC(CSc1cccc(Br)c1)Cc1ccoc1. The maximum atomic E-state index is 6.08. The fourth-order valence-corrected chi connectivity index (χ4v) is 2.99. The molecule has 0 amide bonds. The van der Waals surface area contributed by atoms with Crippen LogP contribution in [0.4, 0.5) is 0 Å². The highest BCUT2D eigenvalue weighted by Gasteiger charge is 2.06. The number of benzene rings is 1. The van der Waals surface area contributed by atoms with Crippen LogP contribution in [0.25, 0.3) is 0 Å². The van der Waals surface area contributed by atoms with Crippen LogP contribution in [0.1, 0.15) is 5.56 Å². The lowest BCUT2D eigenvalue weighted by Gasteiger charge is -2.09. The minimum atomic E-state index is 0.150. The summed E-state index contributed by atoms with van der Waals surface area (Å²) in [7, 11) is 0. The molecule has 1 atom stereocenters. The predicted octanol–water partition coefficient (Wildman–Crippen LogP) is 3.70. The topological polar surface area (TPSA) is 39.2 Å². The van der Waals surface area contributed by atoms with Crippen molar-refractivity contribution in [2.24, 2.45) is 5.73 Å². The molecule has 0 aliphatic heterocycles. The van der Waals surface area contributed by atoms with Gasteiger partial charge in [-0.25, -0.2) is 0 Å². The Morgan fingerprint density at radius 3 is 2.94 bits per heavy atom. The molecule has 2 nitrogen and oxygen atoms in total. The lowest BCUT2D eigenvalue weighted by atomic mass is 10.1. The minimum absolute atomic E-state index is 0.150. The van der Waals surface area contributed by atoms with Gasteiger partial charge in [-0.05, 0) is 36.2 Å². The molecular weight excluding hydrogens is 298 g/mol. The summed E-state index contributed by atoms with van der Waals surface area (Å²) in [6.45, 7) is 0. The summed E-state index contributed by atoms with van der Waals surface area (Å²) in [5.74, 6) is 0.904. The summed E-state index contributed by atoms with van der Waals surface area (Å²) in [5, 5.41) is 0. The molecule has 0 radical (unpaired) electrons. The van der Waals surface area contributed by atoms with Crippen LogP contribution in [0, 0.1) is 0 Å². The predicted molar refractivity (Wildman–Crippen MR) is 75.3 cm³/mol. The Hall–Kier alpha value is -0.710. The number of halogens is 1. The second-order valence-electron chi connectivity index (χ2n) is 3.86. The minimum Gasteiger partial charge on any atom is -0.472 e. The summed E-state index contributed by atoms with van der Waals surface area (Å²) in [4.78, 5) is 1.24. The van der Waals surface area contributed by atoms with Gasteiger partial charge in [0, 0.05) is 21.2 Å². The van der Waals surface area contributed by atoms with Gasteiger partial charge in [-0.3, -0.25) is 0 Å². The zero-order valence-corrected chi connectivity index (χ0v) is 11.7. The first-order chi connectivity index (χ1) is 8.24. The number of thioether (sulfide) groups is 1. The van der Waals surface area contributed by atoms with Crippen molar-refractivity contribution in [2.75, 3.05) is 5.75 Å². The zero-order chi connectivity index (χ0) is 12.1. The number of hydrogen-bond acceptors (Lipinski definition) is 3. The molecule has 2 rings (SSSR count). The number of hydrogen-bond donors (Lipinski definition) is 1.